The molecule has 0 aromatic heterocycles. The molecule has 0 radical (unpaired) electrons. The van der Waals surface area contributed by atoms with Gasteiger partial charge in [-0.05, 0) is 44.8 Å². The number of thiocarbonyl (C=S) groups is 1. The summed E-state index contributed by atoms with van der Waals surface area (Å²) in [5, 5.41) is 4.25. The summed E-state index contributed by atoms with van der Waals surface area (Å²) >= 11 is 5.39. The van der Waals surface area contributed by atoms with Gasteiger partial charge in [-0.1, -0.05) is 0 Å². The van der Waals surface area contributed by atoms with Gasteiger partial charge >= 0.3 is 0 Å². The number of hydrogen-bond acceptors (Lipinski definition) is 2. The molecular weight excluding hydrogens is 218 g/mol. The largest absolute Gasteiger partial charge is 0.360 e. The first-order valence-corrected chi connectivity index (χ1v) is 6.84. The minimum atomic E-state index is 0.442. The lowest BCUT2D eigenvalue weighted by Gasteiger charge is -2.36. The van der Waals surface area contributed by atoms with Crippen LogP contribution < -0.4 is 5.32 Å². The van der Waals surface area contributed by atoms with Crippen molar-refractivity contribution in [3.05, 3.63) is 0 Å². The van der Waals surface area contributed by atoms with Crippen molar-refractivity contribution in [3.8, 4) is 0 Å². The van der Waals surface area contributed by atoms with Gasteiger partial charge in [-0.25, -0.2) is 0 Å². The summed E-state index contributed by atoms with van der Waals surface area (Å²) < 4.78 is 0. The molecule has 1 saturated carbocycles. The van der Waals surface area contributed by atoms with Crippen LogP contribution in [0.2, 0.25) is 0 Å². The molecule has 1 aliphatic heterocycles. The Morgan fingerprint density at radius 3 is 2.38 bits per heavy atom. The van der Waals surface area contributed by atoms with E-state index < -0.39 is 0 Å². The predicted molar refractivity (Wildman–Crippen MR) is 71.6 cm³/mol. The average Bonchev–Trinajstić information content (AvgIpc) is 3.01. The van der Waals surface area contributed by atoms with E-state index in [1.54, 1.807) is 0 Å². The summed E-state index contributed by atoms with van der Waals surface area (Å²) in [6, 6.07) is 0.442. The van der Waals surface area contributed by atoms with E-state index >= 15 is 0 Å². The van der Waals surface area contributed by atoms with Crippen LogP contribution in [0.5, 0.6) is 0 Å². The lowest BCUT2D eigenvalue weighted by molar-refractivity contribution is 0.175. The summed E-state index contributed by atoms with van der Waals surface area (Å²) in [6.45, 7) is 10.1. The topological polar surface area (TPSA) is 18.5 Å². The number of hydrogen-bond donors (Lipinski definition) is 1. The van der Waals surface area contributed by atoms with E-state index in [0.29, 0.717) is 6.04 Å². The van der Waals surface area contributed by atoms with Crippen molar-refractivity contribution in [2.45, 2.75) is 32.7 Å². The van der Waals surface area contributed by atoms with Gasteiger partial charge in [0.05, 0.1) is 0 Å². The van der Waals surface area contributed by atoms with Crippen LogP contribution in [-0.4, -0.2) is 53.7 Å². The normalized spacial score (nSPS) is 22.6. The van der Waals surface area contributed by atoms with Crippen LogP contribution in [0.15, 0.2) is 0 Å². The van der Waals surface area contributed by atoms with E-state index in [1.807, 2.05) is 0 Å². The monoisotopic (exact) mass is 241 g/mol. The molecule has 0 spiro atoms. The lowest BCUT2D eigenvalue weighted by Crippen LogP contribution is -2.52. The van der Waals surface area contributed by atoms with Gasteiger partial charge in [-0.2, -0.15) is 0 Å². The maximum absolute atomic E-state index is 5.39. The molecule has 0 aromatic rings. The van der Waals surface area contributed by atoms with E-state index in [9.17, 15) is 0 Å². The van der Waals surface area contributed by atoms with Crippen LogP contribution in [-0.2, 0) is 0 Å². The van der Waals surface area contributed by atoms with E-state index in [4.69, 9.17) is 12.2 Å². The zero-order chi connectivity index (χ0) is 11.5. The number of nitrogens with zero attached hydrogens (tertiary/aromatic N) is 2. The maximum Gasteiger partial charge on any atom is 0.169 e. The third-order valence-electron chi connectivity index (χ3n) is 3.28. The Hall–Kier alpha value is -0.350. The Labute approximate surface area is 104 Å². The first kappa shape index (κ1) is 12.1. The first-order valence-electron chi connectivity index (χ1n) is 6.43. The van der Waals surface area contributed by atoms with E-state index in [1.165, 1.54) is 32.5 Å². The smallest absolute Gasteiger partial charge is 0.169 e. The quantitative estimate of drug-likeness (QED) is 0.750. The van der Waals surface area contributed by atoms with Gasteiger partial charge in [-0.15, -0.1) is 0 Å². The molecule has 1 saturated heterocycles. The fourth-order valence-corrected chi connectivity index (χ4v) is 2.56. The van der Waals surface area contributed by atoms with Crippen LogP contribution >= 0.6 is 12.2 Å². The number of piperazine rings is 1. The van der Waals surface area contributed by atoms with Crippen molar-refractivity contribution >= 4 is 17.3 Å². The van der Waals surface area contributed by atoms with Crippen LogP contribution in [0.1, 0.15) is 26.7 Å². The highest BCUT2D eigenvalue weighted by Crippen LogP contribution is 2.29. The second-order valence-corrected chi connectivity index (χ2v) is 5.72. The van der Waals surface area contributed by atoms with Crippen LogP contribution in [0, 0.1) is 5.92 Å². The van der Waals surface area contributed by atoms with Gasteiger partial charge < -0.3 is 10.2 Å². The molecule has 4 heteroatoms. The Bertz CT molecular complexity index is 243. The first-order chi connectivity index (χ1) is 7.65. The average molecular weight is 241 g/mol. The van der Waals surface area contributed by atoms with Crippen LogP contribution in [0.4, 0.5) is 0 Å². The van der Waals surface area contributed by atoms with Crippen molar-refractivity contribution in [2.75, 3.05) is 32.7 Å². The Kier molecular flexibility index (Phi) is 4.03. The highest BCUT2D eigenvalue weighted by atomic mass is 32.1. The highest BCUT2D eigenvalue weighted by Gasteiger charge is 2.26. The van der Waals surface area contributed by atoms with E-state index in [0.717, 1.165) is 24.1 Å². The molecule has 16 heavy (non-hydrogen) atoms. The summed E-state index contributed by atoms with van der Waals surface area (Å²) in [6.07, 6.45) is 2.90. The molecule has 0 amide bonds. The third kappa shape index (κ3) is 3.59. The Morgan fingerprint density at radius 1 is 1.25 bits per heavy atom. The molecule has 2 fully saturated rings. The van der Waals surface area contributed by atoms with Crippen molar-refractivity contribution in [1.29, 1.82) is 0 Å². The molecule has 92 valence electrons. The fraction of sp³-hybridized carbons (Fsp3) is 0.917. The van der Waals surface area contributed by atoms with Crippen molar-refractivity contribution in [3.63, 3.8) is 0 Å². The molecule has 0 atom stereocenters. The molecule has 1 heterocycles. The number of nitrogens with one attached hydrogen (secondary N) is 1. The molecule has 3 nitrogen and oxygen atoms in total. The summed E-state index contributed by atoms with van der Waals surface area (Å²) in [5.74, 6) is 1.01. The molecule has 2 aliphatic rings. The van der Waals surface area contributed by atoms with Crippen LogP contribution in [0.3, 0.4) is 0 Å². The van der Waals surface area contributed by atoms with Gasteiger partial charge in [0.2, 0.25) is 0 Å². The molecule has 0 aromatic carbocycles. The van der Waals surface area contributed by atoms with E-state index in [-0.39, 0.29) is 0 Å². The van der Waals surface area contributed by atoms with Gasteiger partial charge in [0.25, 0.3) is 0 Å². The van der Waals surface area contributed by atoms with E-state index in [2.05, 4.69) is 29.0 Å². The molecule has 1 N–H and O–H groups in total. The SMILES string of the molecule is CC(C)NC(=S)N1CCN(CC2CC2)CC1. The maximum atomic E-state index is 5.39. The van der Waals surface area contributed by atoms with Crippen molar-refractivity contribution in [2.24, 2.45) is 5.92 Å². The summed E-state index contributed by atoms with van der Waals surface area (Å²) in [7, 11) is 0. The standard InChI is InChI=1S/C12H23N3S/c1-10(2)13-12(16)15-7-5-14(6-8-15)9-11-3-4-11/h10-11H,3-9H2,1-2H3,(H,13,16). The van der Waals surface area contributed by atoms with Crippen molar-refractivity contribution in [1.82, 2.24) is 15.1 Å². The molecule has 1 aliphatic carbocycles. The zero-order valence-corrected chi connectivity index (χ0v) is 11.2. The second kappa shape index (κ2) is 5.32. The minimum Gasteiger partial charge on any atom is -0.360 e. The van der Waals surface area contributed by atoms with Gasteiger partial charge in [0.15, 0.2) is 5.11 Å². The summed E-state index contributed by atoms with van der Waals surface area (Å²) in [4.78, 5) is 4.89. The molecule has 0 bridgehead atoms. The Balaban J connectivity index is 1.69. The zero-order valence-electron chi connectivity index (χ0n) is 10.4. The molecule has 2 rings (SSSR count). The lowest BCUT2D eigenvalue weighted by atomic mass is 10.3. The van der Waals surface area contributed by atoms with Gasteiger partial charge in [0.1, 0.15) is 0 Å². The summed E-state index contributed by atoms with van der Waals surface area (Å²) in [5.41, 5.74) is 0. The minimum absolute atomic E-state index is 0.442. The fourth-order valence-electron chi connectivity index (χ4n) is 2.14. The predicted octanol–water partition coefficient (Wildman–Crippen LogP) is 1.30. The van der Waals surface area contributed by atoms with Crippen molar-refractivity contribution < 1.29 is 0 Å². The highest BCUT2D eigenvalue weighted by molar-refractivity contribution is 7.80. The molecular formula is C12H23N3S. The van der Waals surface area contributed by atoms with Crippen LogP contribution in [0.25, 0.3) is 0 Å². The second-order valence-electron chi connectivity index (χ2n) is 5.34. The number of rotatable bonds is 3. The molecule has 0 unspecified atom stereocenters. The van der Waals surface area contributed by atoms with Gasteiger partial charge in [0, 0.05) is 38.8 Å². The Morgan fingerprint density at radius 2 is 1.88 bits per heavy atom. The van der Waals surface area contributed by atoms with Gasteiger partial charge in [-0.3, -0.25) is 4.90 Å². The third-order valence-corrected chi connectivity index (χ3v) is 3.66.